The molecular weight excluding hydrogens is 312 g/mol. The van der Waals surface area contributed by atoms with E-state index >= 15 is 0 Å². The summed E-state index contributed by atoms with van der Waals surface area (Å²) in [6.45, 7) is 5.86. The number of aromatic nitrogens is 1. The van der Waals surface area contributed by atoms with Crippen LogP contribution in [0.1, 0.15) is 57.0 Å². The van der Waals surface area contributed by atoms with Crippen LogP contribution in [0.2, 0.25) is 0 Å². The number of amides is 1. The highest BCUT2D eigenvalue weighted by Gasteiger charge is 2.75. The molecule has 124 valence electrons. The maximum Gasteiger partial charge on any atom is 0.313 e. The molecule has 2 fully saturated rings. The summed E-state index contributed by atoms with van der Waals surface area (Å²) in [7, 11) is 0. The monoisotopic (exact) mass is 334 g/mol. The molecule has 4 rings (SSSR count). The van der Waals surface area contributed by atoms with Crippen LogP contribution in [0, 0.1) is 10.8 Å². The second-order valence-corrected chi connectivity index (χ2v) is 8.81. The molecule has 1 N–H and O–H groups in total. The molecular formula is C17H22N2O3S. The second-order valence-electron chi connectivity index (χ2n) is 7.72. The molecule has 3 aliphatic rings. The van der Waals surface area contributed by atoms with E-state index in [2.05, 4.69) is 10.3 Å². The van der Waals surface area contributed by atoms with Crippen molar-refractivity contribution < 1.29 is 14.3 Å². The highest BCUT2D eigenvalue weighted by molar-refractivity contribution is 7.15. The Bertz CT molecular complexity index is 687. The van der Waals surface area contributed by atoms with Crippen molar-refractivity contribution in [3.05, 3.63) is 10.6 Å². The molecule has 23 heavy (non-hydrogen) atoms. The van der Waals surface area contributed by atoms with Crippen LogP contribution in [0.15, 0.2) is 0 Å². The molecule has 2 aliphatic carbocycles. The lowest BCUT2D eigenvalue weighted by Gasteiger charge is -2.35. The van der Waals surface area contributed by atoms with Gasteiger partial charge in [-0.2, -0.15) is 0 Å². The van der Waals surface area contributed by atoms with Gasteiger partial charge in [-0.05, 0) is 45.4 Å². The molecule has 1 aliphatic heterocycles. The van der Waals surface area contributed by atoms with Crippen molar-refractivity contribution >= 4 is 28.3 Å². The molecule has 6 heteroatoms. The summed E-state index contributed by atoms with van der Waals surface area (Å²) in [5.41, 5.74) is -1.04. The predicted octanol–water partition coefficient (Wildman–Crippen LogP) is 3.08. The van der Waals surface area contributed by atoms with Crippen LogP contribution < -0.4 is 5.32 Å². The molecule has 0 radical (unpaired) electrons. The highest BCUT2D eigenvalue weighted by Crippen LogP contribution is 2.65. The van der Waals surface area contributed by atoms with E-state index in [-0.39, 0.29) is 11.9 Å². The first kappa shape index (κ1) is 15.1. The standard InChI is InChI=1S/C17H22N2O3S/c1-15(2)16(3)8-9-17(15,22-13(16)21)12(20)19-14-18-10-6-4-5-7-11(10)23-14/h4-9H2,1-3H3,(H,18,19,20)/t16-,17-/m0/s1. The molecule has 1 aromatic heterocycles. The lowest BCUT2D eigenvalue weighted by Crippen LogP contribution is -2.50. The van der Waals surface area contributed by atoms with Gasteiger partial charge in [0.15, 0.2) is 10.7 Å². The lowest BCUT2D eigenvalue weighted by atomic mass is 9.66. The van der Waals surface area contributed by atoms with Crippen molar-refractivity contribution in [3.63, 3.8) is 0 Å². The van der Waals surface area contributed by atoms with Crippen LogP contribution in [-0.2, 0) is 27.2 Å². The van der Waals surface area contributed by atoms with Gasteiger partial charge < -0.3 is 4.74 Å². The average molecular weight is 334 g/mol. The predicted molar refractivity (Wildman–Crippen MR) is 87.3 cm³/mol. The van der Waals surface area contributed by atoms with Crippen molar-refractivity contribution in [2.45, 2.75) is 64.9 Å². The molecule has 1 saturated heterocycles. The number of carbonyl (C=O) groups is 2. The molecule has 0 aromatic carbocycles. The van der Waals surface area contributed by atoms with Gasteiger partial charge in [0.25, 0.3) is 5.91 Å². The van der Waals surface area contributed by atoms with E-state index in [0.717, 1.165) is 25.0 Å². The number of nitrogens with one attached hydrogen (secondary N) is 1. The molecule has 1 saturated carbocycles. The van der Waals surface area contributed by atoms with Crippen LogP contribution in [0.25, 0.3) is 0 Å². The van der Waals surface area contributed by atoms with E-state index in [9.17, 15) is 9.59 Å². The summed E-state index contributed by atoms with van der Waals surface area (Å²) in [5, 5.41) is 3.59. The van der Waals surface area contributed by atoms with Gasteiger partial charge in [-0.1, -0.05) is 13.8 Å². The number of rotatable bonds is 2. The number of aryl methyl sites for hydroxylation is 2. The quantitative estimate of drug-likeness (QED) is 0.844. The molecule has 5 nitrogen and oxygen atoms in total. The van der Waals surface area contributed by atoms with Gasteiger partial charge in [0.2, 0.25) is 0 Å². The zero-order valence-corrected chi connectivity index (χ0v) is 14.6. The number of hydrogen-bond donors (Lipinski definition) is 1. The van der Waals surface area contributed by atoms with Crippen LogP contribution in [0.5, 0.6) is 0 Å². The van der Waals surface area contributed by atoms with Crippen molar-refractivity contribution in [2.75, 3.05) is 5.32 Å². The van der Waals surface area contributed by atoms with Gasteiger partial charge in [-0.15, -0.1) is 11.3 Å². The zero-order valence-electron chi connectivity index (χ0n) is 13.8. The lowest BCUT2D eigenvalue weighted by molar-refractivity contribution is -0.165. The van der Waals surface area contributed by atoms with Gasteiger partial charge in [-0.3, -0.25) is 14.9 Å². The minimum absolute atomic E-state index is 0.219. The van der Waals surface area contributed by atoms with Gasteiger partial charge in [0.05, 0.1) is 11.1 Å². The first-order chi connectivity index (χ1) is 10.8. The van der Waals surface area contributed by atoms with Crippen molar-refractivity contribution in [2.24, 2.45) is 10.8 Å². The largest absolute Gasteiger partial charge is 0.448 e. The van der Waals surface area contributed by atoms with Gasteiger partial charge in [0.1, 0.15) is 0 Å². The fourth-order valence-electron chi connectivity index (χ4n) is 4.35. The SMILES string of the molecule is CC1(C)[C@@]2(C)CC[C@@]1(C(=O)Nc1nc3c(s1)CCCC3)OC2=O. The summed E-state index contributed by atoms with van der Waals surface area (Å²) in [6.07, 6.45) is 5.67. The van der Waals surface area contributed by atoms with Gasteiger partial charge in [-0.25, -0.2) is 4.98 Å². The summed E-state index contributed by atoms with van der Waals surface area (Å²) in [4.78, 5) is 31.1. The minimum atomic E-state index is -1.06. The number of thiazole rings is 1. The molecule has 2 bridgehead atoms. The third-order valence-corrected chi connectivity index (χ3v) is 7.59. The topological polar surface area (TPSA) is 68.3 Å². The van der Waals surface area contributed by atoms with E-state index in [1.165, 1.54) is 11.3 Å². The maximum absolute atomic E-state index is 13.0. The Hall–Kier alpha value is -1.43. The molecule has 1 amide bonds. The van der Waals surface area contributed by atoms with E-state index in [4.69, 9.17) is 4.74 Å². The number of hydrogen-bond acceptors (Lipinski definition) is 5. The number of carbonyl (C=O) groups excluding carboxylic acids is 2. The van der Waals surface area contributed by atoms with Gasteiger partial charge >= 0.3 is 5.97 Å². The molecule has 2 heterocycles. The van der Waals surface area contributed by atoms with E-state index in [0.29, 0.717) is 18.0 Å². The van der Waals surface area contributed by atoms with E-state index in [1.54, 1.807) is 11.3 Å². The fourth-order valence-corrected chi connectivity index (χ4v) is 5.40. The number of fused-ring (bicyclic) bond motifs is 3. The molecule has 1 aromatic rings. The first-order valence-electron chi connectivity index (χ1n) is 8.34. The smallest absolute Gasteiger partial charge is 0.313 e. The Balaban J connectivity index is 1.62. The summed E-state index contributed by atoms with van der Waals surface area (Å²) in [6, 6.07) is 0. The summed E-state index contributed by atoms with van der Waals surface area (Å²) < 4.78 is 5.63. The molecule has 0 spiro atoms. The molecule has 2 atom stereocenters. The number of nitrogens with zero attached hydrogens (tertiary/aromatic N) is 1. The third kappa shape index (κ3) is 1.76. The Morgan fingerprint density at radius 3 is 2.57 bits per heavy atom. The van der Waals surface area contributed by atoms with Crippen LogP contribution in [0.3, 0.4) is 0 Å². The second kappa shape index (κ2) is 4.56. The van der Waals surface area contributed by atoms with E-state index in [1.807, 2.05) is 20.8 Å². The van der Waals surface area contributed by atoms with Crippen LogP contribution in [0.4, 0.5) is 5.13 Å². The van der Waals surface area contributed by atoms with E-state index < -0.39 is 16.4 Å². The summed E-state index contributed by atoms with van der Waals surface area (Å²) >= 11 is 1.56. The third-order valence-electron chi connectivity index (χ3n) is 6.52. The van der Waals surface area contributed by atoms with Crippen molar-refractivity contribution in [1.82, 2.24) is 4.98 Å². The minimum Gasteiger partial charge on any atom is -0.448 e. The Kier molecular flexibility index (Phi) is 3.00. The van der Waals surface area contributed by atoms with Crippen LogP contribution >= 0.6 is 11.3 Å². The average Bonchev–Trinajstić information content (AvgIpc) is 3.04. The number of ether oxygens (including phenoxy) is 1. The first-order valence-corrected chi connectivity index (χ1v) is 9.15. The van der Waals surface area contributed by atoms with Crippen molar-refractivity contribution in [1.29, 1.82) is 0 Å². The normalized spacial score (nSPS) is 34.1. The van der Waals surface area contributed by atoms with Crippen LogP contribution in [-0.4, -0.2) is 22.5 Å². The number of anilines is 1. The van der Waals surface area contributed by atoms with Gasteiger partial charge in [0, 0.05) is 10.3 Å². The summed E-state index contributed by atoms with van der Waals surface area (Å²) in [5.74, 6) is -0.467. The Morgan fingerprint density at radius 2 is 1.96 bits per heavy atom. The Labute approximate surface area is 139 Å². The maximum atomic E-state index is 13.0. The number of esters is 1. The zero-order chi connectivity index (χ0) is 16.5. The Morgan fingerprint density at radius 1 is 1.22 bits per heavy atom. The fraction of sp³-hybridized carbons (Fsp3) is 0.706. The highest BCUT2D eigenvalue weighted by atomic mass is 32.1. The van der Waals surface area contributed by atoms with Crippen molar-refractivity contribution in [3.8, 4) is 0 Å². The molecule has 0 unspecified atom stereocenters.